The number of carbonyl (C=O) groups excluding carboxylic acids is 1. The minimum atomic E-state index is -0.620. The molecule has 1 aliphatic rings. The largest absolute Gasteiger partial charge is 0.505 e. The van der Waals surface area contributed by atoms with Crippen molar-refractivity contribution in [1.82, 2.24) is 0 Å². The smallest absolute Gasteiger partial charge is 0.176 e. The lowest BCUT2D eigenvalue weighted by Gasteiger charge is -2.27. The number of halogens is 4. The van der Waals surface area contributed by atoms with Crippen molar-refractivity contribution in [2.24, 2.45) is 5.92 Å². The molecule has 1 saturated carbocycles. The summed E-state index contributed by atoms with van der Waals surface area (Å²) in [6.45, 7) is 1.86. The average Bonchev–Trinajstić information content (AvgIpc) is 2.43. The monoisotopic (exact) mass is 356 g/mol. The number of phenolic OH excluding ortho intramolecular Hbond substituents is 1. The summed E-state index contributed by atoms with van der Waals surface area (Å²) >= 11 is 23.7. The third-order valence-corrected chi connectivity index (χ3v) is 5.02. The van der Waals surface area contributed by atoms with Gasteiger partial charge in [-0.05, 0) is 19.3 Å². The van der Waals surface area contributed by atoms with E-state index < -0.39 is 11.9 Å². The van der Waals surface area contributed by atoms with Crippen molar-refractivity contribution in [3.05, 3.63) is 20.1 Å². The number of Topliss-reactive ketones (excluding diaryl/α,β-unsaturated/α-hetero) is 1. The number of benzene rings is 1. The molecule has 1 aromatic rings. The van der Waals surface area contributed by atoms with Crippen LogP contribution in [-0.2, 0) is 4.79 Å². The molecule has 1 aromatic carbocycles. The quantitative estimate of drug-likeness (QED) is 0.745. The van der Waals surface area contributed by atoms with E-state index in [2.05, 4.69) is 0 Å². The van der Waals surface area contributed by atoms with Crippen LogP contribution in [0.4, 0.5) is 0 Å². The van der Waals surface area contributed by atoms with Gasteiger partial charge in [-0.3, -0.25) is 4.79 Å². The molecule has 2 rings (SSSR count). The average molecular weight is 358 g/mol. The Balaban J connectivity index is 2.37. The molecule has 0 amide bonds. The normalized spacial score (nSPS) is 22.9. The van der Waals surface area contributed by atoms with Crippen LogP contribution in [0.25, 0.3) is 0 Å². The Morgan fingerprint density at radius 1 is 1.05 bits per heavy atom. The first-order valence-electron chi connectivity index (χ1n) is 6.09. The number of phenols is 1. The van der Waals surface area contributed by atoms with Gasteiger partial charge in [0.05, 0.1) is 0 Å². The molecule has 0 heterocycles. The molecule has 1 aliphatic carbocycles. The molecular weight excluding hydrogens is 346 g/mol. The molecule has 1 fully saturated rings. The predicted molar refractivity (Wildman–Crippen MR) is 80.6 cm³/mol. The summed E-state index contributed by atoms with van der Waals surface area (Å²) in [7, 11) is 0. The Hall–Kier alpha value is -0.350. The van der Waals surface area contributed by atoms with Crippen LogP contribution in [0.5, 0.6) is 11.5 Å². The lowest BCUT2D eigenvalue weighted by atomic mass is 9.87. The summed E-state index contributed by atoms with van der Waals surface area (Å²) in [6.07, 6.45) is 1.70. The first-order valence-corrected chi connectivity index (χ1v) is 7.61. The Bertz CT molecular complexity index is 530. The first kappa shape index (κ1) is 16.0. The topological polar surface area (TPSA) is 46.5 Å². The summed E-state index contributed by atoms with van der Waals surface area (Å²) in [6, 6.07) is 0. The van der Waals surface area contributed by atoms with E-state index in [1.165, 1.54) is 0 Å². The molecule has 0 bridgehead atoms. The second kappa shape index (κ2) is 6.18. The summed E-state index contributed by atoms with van der Waals surface area (Å²) in [5.74, 6) is -0.425. The van der Waals surface area contributed by atoms with Crippen molar-refractivity contribution in [3.8, 4) is 11.5 Å². The van der Waals surface area contributed by atoms with Gasteiger partial charge in [0.15, 0.2) is 23.4 Å². The van der Waals surface area contributed by atoms with Gasteiger partial charge in [0.25, 0.3) is 0 Å². The molecule has 0 saturated heterocycles. The molecule has 2 unspecified atom stereocenters. The van der Waals surface area contributed by atoms with Gasteiger partial charge < -0.3 is 9.84 Å². The Morgan fingerprint density at radius 3 is 2.15 bits per heavy atom. The van der Waals surface area contributed by atoms with Gasteiger partial charge in [0.1, 0.15) is 20.1 Å². The number of hydrogen-bond donors (Lipinski definition) is 1. The van der Waals surface area contributed by atoms with E-state index in [-0.39, 0.29) is 37.5 Å². The molecule has 1 N–H and O–H groups in total. The second-order valence-corrected chi connectivity index (χ2v) is 6.29. The van der Waals surface area contributed by atoms with Crippen LogP contribution in [0.2, 0.25) is 20.1 Å². The van der Waals surface area contributed by atoms with Crippen LogP contribution >= 0.6 is 46.4 Å². The van der Waals surface area contributed by atoms with Crippen molar-refractivity contribution in [1.29, 1.82) is 0 Å². The van der Waals surface area contributed by atoms with Crippen LogP contribution in [0, 0.1) is 5.92 Å². The zero-order valence-corrected chi connectivity index (χ0v) is 13.6. The predicted octanol–water partition coefficient (Wildman–Crippen LogP) is 5.14. The fourth-order valence-corrected chi connectivity index (χ4v) is 3.09. The molecule has 20 heavy (non-hydrogen) atoms. The van der Waals surface area contributed by atoms with Gasteiger partial charge >= 0.3 is 0 Å². The van der Waals surface area contributed by atoms with E-state index in [9.17, 15) is 9.90 Å². The maximum atomic E-state index is 12.1. The highest BCUT2D eigenvalue weighted by Crippen LogP contribution is 2.50. The molecule has 7 heteroatoms. The number of rotatable bonds is 2. The number of carbonyl (C=O) groups is 1. The summed E-state index contributed by atoms with van der Waals surface area (Å²) in [4.78, 5) is 12.1. The fraction of sp³-hybridized carbons (Fsp3) is 0.462. The summed E-state index contributed by atoms with van der Waals surface area (Å²) in [5.41, 5.74) is 0. The Labute approximate surface area is 136 Å². The highest BCUT2D eigenvalue weighted by Gasteiger charge is 2.32. The van der Waals surface area contributed by atoms with E-state index in [4.69, 9.17) is 51.1 Å². The zero-order valence-electron chi connectivity index (χ0n) is 10.6. The van der Waals surface area contributed by atoms with Gasteiger partial charge in [-0.15, -0.1) is 0 Å². The minimum Gasteiger partial charge on any atom is -0.505 e. The van der Waals surface area contributed by atoms with Crippen molar-refractivity contribution in [2.75, 3.05) is 0 Å². The standard InChI is InChI=1S/C13H12Cl4O3/c1-5-3-2-4-6(11(5)18)20-13-9(16)7(14)12(19)8(15)10(13)17/h5-6,19H,2-4H2,1H3. The molecule has 110 valence electrons. The van der Waals surface area contributed by atoms with Gasteiger partial charge in [-0.2, -0.15) is 0 Å². The lowest BCUT2D eigenvalue weighted by molar-refractivity contribution is -0.131. The van der Waals surface area contributed by atoms with Crippen LogP contribution in [0.1, 0.15) is 26.2 Å². The van der Waals surface area contributed by atoms with Crippen LogP contribution in [0.3, 0.4) is 0 Å². The van der Waals surface area contributed by atoms with Crippen LogP contribution in [-0.4, -0.2) is 17.0 Å². The minimum absolute atomic E-state index is 0.00343. The zero-order chi connectivity index (χ0) is 15.0. The number of hydrogen-bond acceptors (Lipinski definition) is 3. The van der Waals surface area contributed by atoms with E-state index in [0.717, 1.165) is 12.8 Å². The number of ether oxygens (including phenoxy) is 1. The summed E-state index contributed by atoms with van der Waals surface area (Å²) in [5, 5.41) is 9.24. The van der Waals surface area contributed by atoms with Gasteiger partial charge in [0.2, 0.25) is 0 Å². The van der Waals surface area contributed by atoms with Gasteiger partial charge in [-0.1, -0.05) is 53.3 Å². The van der Waals surface area contributed by atoms with Crippen molar-refractivity contribution in [3.63, 3.8) is 0 Å². The Kier molecular flexibility index (Phi) is 4.96. The molecule has 0 aliphatic heterocycles. The van der Waals surface area contributed by atoms with E-state index in [0.29, 0.717) is 6.42 Å². The Morgan fingerprint density at radius 2 is 1.60 bits per heavy atom. The van der Waals surface area contributed by atoms with E-state index >= 15 is 0 Å². The molecule has 2 atom stereocenters. The molecular formula is C13H12Cl4O3. The third kappa shape index (κ3) is 2.82. The van der Waals surface area contributed by atoms with Crippen LogP contribution in [0.15, 0.2) is 0 Å². The molecule has 0 spiro atoms. The maximum absolute atomic E-state index is 12.1. The number of ketones is 1. The fourth-order valence-electron chi connectivity index (χ4n) is 2.17. The van der Waals surface area contributed by atoms with Crippen molar-refractivity contribution >= 4 is 52.2 Å². The highest BCUT2D eigenvalue weighted by molar-refractivity contribution is 6.50. The second-order valence-electron chi connectivity index (χ2n) is 4.77. The van der Waals surface area contributed by atoms with Gasteiger partial charge in [-0.25, -0.2) is 0 Å². The highest BCUT2D eigenvalue weighted by atomic mass is 35.5. The lowest BCUT2D eigenvalue weighted by Crippen LogP contribution is -2.35. The van der Waals surface area contributed by atoms with Crippen LogP contribution < -0.4 is 4.74 Å². The van der Waals surface area contributed by atoms with E-state index in [1.54, 1.807) is 0 Å². The molecule has 3 nitrogen and oxygen atoms in total. The first-order chi connectivity index (χ1) is 9.34. The number of aromatic hydroxyl groups is 1. The van der Waals surface area contributed by atoms with Crippen molar-refractivity contribution < 1.29 is 14.6 Å². The maximum Gasteiger partial charge on any atom is 0.176 e. The summed E-state index contributed by atoms with van der Waals surface area (Å²) < 4.78 is 5.62. The third-order valence-electron chi connectivity index (χ3n) is 3.37. The molecule has 0 radical (unpaired) electrons. The SMILES string of the molecule is CC1CCCC(Oc2c(Cl)c(Cl)c(O)c(Cl)c2Cl)C1=O. The van der Waals surface area contributed by atoms with Gasteiger partial charge in [0, 0.05) is 5.92 Å². The molecule has 0 aromatic heterocycles. The van der Waals surface area contributed by atoms with E-state index in [1.807, 2.05) is 6.92 Å². The van der Waals surface area contributed by atoms with Crippen molar-refractivity contribution in [2.45, 2.75) is 32.3 Å².